The number of halogens is 2. The summed E-state index contributed by atoms with van der Waals surface area (Å²) < 4.78 is 40.8. The summed E-state index contributed by atoms with van der Waals surface area (Å²) >= 11 is 5.98. The van der Waals surface area contributed by atoms with Crippen LogP contribution in [0.25, 0.3) is 0 Å². The smallest absolute Gasteiger partial charge is 0.282 e. The van der Waals surface area contributed by atoms with E-state index in [1.807, 2.05) is 19.1 Å². The molecule has 1 fully saturated rings. The van der Waals surface area contributed by atoms with Crippen LogP contribution in [-0.2, 0) is 21.5 Å². The third-order valence-electron chi connectivity index (χ3n) is 4.27. The minimum Gasteiger partial charge on any atom is -0.325 e. The fourth-order valence-corrected chi connectivity index (χ4v) is 4.54. The molecule has 144 valence electrons. The van der Waals surface area contributed by atoms with Crippen molar-refractivity contribution in [2.45, 2.75) is 13.5 Å². The number of benzene rings is 2. The van der Waals surface area contributed by atoms with Gasteiger partial charge in [0.25, 0.3) is 10.2 Å². The van der Waals surface area contributed by atoms with Gasteiger partial charge in [-0.1, -0.05) is 35.4 Å². The standard InChI is InChI=1S/C18H19ClFN3O3S/c1-13-2-6-16(7-3-13)21-18(24)12-23-9-8-22(27(23,25)26)11-14-4-5-15(20)10-17(14)19/h2-7,10H,8-9,11-12H2,1H3,(H,21,24). The van der Waals surface area contributed by atoms with Crippen molar-refractivity contribution in [3.05, 3.63) is 64.4 Å². The van der Waals surface area contributed by atoms with E-state index in [1.165, 1.54) is 16.4 Å². The highest BCUT2D eigenvalue weighted by molar-refractivity contribution is 7.87. The first-order valence-electron chi connectivity index (χ1n) is 8.31. The van der Waals surface area contributed by atoms with Gasteiger partial charge in [0.15, 0.2) is 0 Å². The highest BCUT2D eigenvalue weighted by Crippen LogP contribution is 2.24. The molecule has 0 bridgehead atoms. The molecule has 1 N–H and O–H groups in total. The van der Waals surface area contributed by atoms with E-state index in [9.17, 15) is 17.6 Å². The van der Waals surface area contributed by atoms with E-state index in [0.717, 1.165) is 15.9 Å². The van der Waals surface area contributed by atoms with E-state index >= 15 is 0 Å². The van der Waals surface area contributed by atoms with Gasteiger partial charge < -0.3 is 5.32 Å². The van der Waals surface area contributed by atoms with Crippen LogP contribution < -0.4 is 5.32 Å². The summed E-state index contributed by atoms with van der Waals surface area (Å²) in [4.78, 5) is 12.2. The van der Waals surface area contributed by atoms with E-state index in [2.05, 4.69) is 5.32 Å². The van der Waals surface area contributed by atoms with Gasteiger partial charge in [-0.15, -0.1) is 0 Å². The number of nitrogens with one attached hydrogen (secondary N) is 1. The second-order valence-corrected chi connectivity index (χ2v) is 8.66. The molecule has 1 saturated heterocycles. The summed E-state index contributed by atoms with van der Waals surface area (Å²) in [5.74, 6) is -0.897. The van der Waals surface area contributed by atoms with Crippen LogP contribution in [0, 0.1) is 12.7 Å². The van der Waals surface area contributed by atoms with Gasteiger partial charge in [-0.3, -0.25) is 4.79 Å². The monoisotopic (exact) mass is 411 g/mol. The molecule has 0 unspecified atom stereocenters. The molecule has 27 heavy (non-hydrogen) atoms. The van der Waals surface area contributed by atoms with Crippen molar-refractivity contribution >= 4 is 33.4 Å². The van der Waals surface area contributed by atoms with E-state index in [0.29, 0.717) is 11.3 Å². The number of hydrogen-bond donors (Lipinski definition) is 1. The lowest BCUT2D eigenvalue weighted by Gasteiger charge is -2.19. The Morgan fingerprint density at radius 3 is 2.48 bits per heavy atom. The van der Waals surface area contributed by atoms with Crippen LogP contribution in [0.4, 0.5) is 10.1 Å². The molecular formula is C18H19ClFN3O3S. The predicted octanol–water partition coefficient (Wildman–Crippen LogP) is 2.79. The highest BCUT2D eigenvalue weighted by Gasteiger charge is 2.37. The Labute approximate surface area is 162 Å². The Morgan fingerprint density at radius 2 is 1.81 bits per heavy atom. The Balaban J connectivity index is 1.64. The summed E-state index contributed by atoms with van der Waals surface area (Å²) in [5, 5.41) is 2.85. The molecule has 0 atom stereocenters. The first-order chi connectivity index (χ1) is 12.8. The summed E-state index contributed by atoms with van der Waals surface area (Å²) in [6.07, 6.45) is 0. The van der Waals surface area contributed by atoms with E-state index < -0.39 is 21.9 Å². The Bertz CT molecular complexity index is 951. The van der Waals surface area contributed by atoms with E-state index in [4.69, 9.17) is 11.6 Å². The lowest BCUT2D eigenvalue weighted by atomic mass is 10.2. The average Bonchev–Trinajstić information content (AvgIpc) is 2.87. The number of aryl methyl sites for hydroxylation is 1. The molecule has 0 aliphatic carbocycles. The number of carbonyl (C=O) groups is 1. The summed E-state index contributed by atoms with van der Waals surface area (Å²) in [7, 11) is -3.79. The van der Waals surface area contributed by atoms with Crippen molar-refractivity contribution in [3.63, 3.8) is 0 Å². The van der Waals surface area contributed by atoms with Crippen LogP contribution in [0.2, 0.25) is 5.02 Å². The molecule has 9 heteroatoms. The van der Waals surface area contributed by atoms with Gasteiger partial charge in [0.05, 0.1) is 6.54 Å². The maximum atomic E-state index is 13.2. The summed E-state index contributed by atoms with van der Waals surface area (Å²) in [6.45, 7) is 2.11. The SMILES string of the molecule is Cc1ccc(NC(=O)CN2CCN(Cc3ccc(F)cc3Cl)S2(=O)=O)cc1. The third-order valence-corrected chi connectivity index (χ3v) is 6.55. The molecule has 2 aromatic carbocycles. The molecule has 1 heterocycles. The molecule has 0 spiro atoms. The van der Waals surface area contributed by atoms with Crippen LogP contribution in [-0.4, -0.2) is 42.6 Å². The van der Waals surface area contributed by atoms with Crippen molar-refractivity contribution in [1.29, 1.82) is 0 Å². The van der Waals surface area contributed by atoms with Gasteiger partial charge >= 0.3 is 0 Å². The van der Waals surface area contributed by atoms with Gasteiger partial charge in [0.1, 0.15) is 5.82 Å². The van der Waals surface area contributed by atoms with Crippen molar-refractivity contribution in [3.8, 4) is 0 Å². The largest absolute Gasteiger partial charge is 0.325 e. The number of amides is 1. The Kier molecular flexibility index (Phi) is 5.81. The molecule has 1 aliphatic heterocycles. The van der Waals surface area contributed by atoms with Crippen molar-refractivity contribution in [2.75, 3.05) is 25.0 Å². The second-order valence-electron chi connectivity index (χ2n) is 6.32. The molecule has 0 saturated carbocycles. The zero-order chi connectivity index (χ0) is 19.6. The molecule has 1 amide bonds. The fourth-order valence-electron chi connectivity index (χ4n) is 2.78. The maximum absolute atomic E-state index is 13.2. The number of nitrogens with zero attached hydrogens (tertiary/aromatic N) is 2. The van der Waals surface area contributed by atoms with Crippen LogP contribution in [0.15, 0.2) is 42.5 Å². The fraction of sp³-hybridized carbons (Fsp3) is 0.278. The predicted molar refractivity (Wildman–Crippen MR) is 102 cm³/mol. The molecule has 6 nitrogen and oxygen atoms in total. The lowest BCUT2D eigenvalue weighted by Crippen LogP contribution is -2.37. The highest BCUT2D eigenvalue weighted by atomic mass is 35.5. The lowest BCUT2D eigenvalue weighted by molar-refractivity contribution is -0.116. The second kappa shape index (κ2) is 7.93. The zero-order valence-corrected chi connectivity index (χ0v) is 16.2. The molecular weight excluding hydrogens is 393 g/mol. The van der Waals surface area contributed by atoms with E-state index in [1.54, 1.807) is 12.1 Å². The third kappa shape index (κ3) is 4.65. The quantitative estimate of drug-likeness (QED) is 0.822. The average molecular weight is 412 g/mol. The summed E-state index contributed by atoms with van der Waals surface area (Å²) in [6, 6.07) is 11.1. The normalized spacial score (nSPS) is 17.1. The van der Waals surface area contributed by atoms with E-state index in [-0.39, 0.29) is 31.2 Å². The van der Waals surface area contributed by atoms with Crippen LogP contribution in [0.5, 0.6) is 0 Å². The first kappa shape index (κ1) is 19.8. The van der Waals surface area contributed by atoms with Crippen molar-refractivity contribution in [2.24, 2.45) is 0 Å². The molecule has 1 aliphatic rings. The molecule has 3 rings (SSSR count). The first-order valence-corrected chi connectivity index (χ1v) is 10.1. The number of anilines is 1. The van der Waals surface area contributed by atoms with Crippen molar-refractivity contribution < 1.29 is 17.6 Å². The van der Waals surface area contributed by atoms with Gasteiger partial charge in [-0.05, 0) is 36.8 Å². The Hall–Kier alpha value is -2.00. The van der Waals surface area contributed by atoms with Gasteiger partial charge in [-0.25, -0.2) is 4.39 Å². The Morgan fingerprint density at radius 1 is 1.15 bits per heavy atom. The zero-order valence-electron chi connectivity index (χ0n) is 14.7. The van der Waals surface area contributed by atoms with Crippen LogP contribution >= 0.6 is 11.6 Å². The van der Waals surface area contributed by atoms with Crippen LogP contribution in [0.1, 0.15) is 11.1 Å². The number of hydrogen-bond acceptors (Lipinski definition) is 3. The number of carbonyl (C=O) groups excluding carboxylic acids is 1. The van der Waals surface area contributed by atoms with Crippen LogP contribution in [0.3, 0.4) is 0 Å². The van der Waals surface area contributed by atoms with Gasteiger partial charge in [0, 0.05) is 30.3 Å². The maximum Gasteiger partial charge on any atom is 0.282 e. The molecule has 0 aromatic heterocycles. The molecule has 2 aromatic rings. The minimum absolute atomic E-state index is 0.0253. The minimum atomic E-state index is -3.79. The van der Waals surface area contributed by atoms with Gasteiger partial charge in [-0.2, -0.15) is 17.0 Å². The topological polar surface area (TPSA) is 69.7 Å². The number of rotatable bonds is 5. The van der Waals surface area contributed by atoms with Crippen molar-refractivity contribution in [1.82, 2.24) is 8.61 Å². The van der Waals surface area contributed by atoms with Gasteiger partial charge in [0.2, 0.25) is 5.91 Å². The summed E-state index contributed by atoms with van der Waals surface area (Å²) in [5.41, 5.74) is 2.18. The molecule has 0 radical (unpaired) electrons.